The summed E-state index contributed by atoms with van der Waals surface area (Å²) in [7, 11) is 0. The summed E-state index contributed by atoms with van der Waals surface area (Å²) < 4.78 is 1.20. The molecule has 114 valence electrons. The second-order valence-corrected chi connectivity index (χ2v) is 6.32. The molecular formula is C21H19NS. The van der Waals surface area contributed by atoms with E-state index >= 15 is 0 Å². The van der Waals surface area contributed by atoms with Gasteiger partial charge < -0.3 is 5.73 Å². The number of anilines is 1. The van der Waals surface area contributed by atoms with Gasteiger partial charge in [-0.05, 0) is 29.7 Å². The Morgan fingerprint density at radius 3 is 2.57 bits per heavy atom. The quantitative estimate of drug-likeness (QED) is 0.562. The molecule has 0 unspecified atom stereocenters. The van der Waals surface area contributed by atoms with Gasteiger partial charge in [-0.2, -0.15) is 0 Å². The van der Waals surface area contributed by atoms with Crippen LogP contribution in [0.1, 0.15) is 12.5 Å². The molecule has 0 amide bonds. The normalized spacial score (nSPS) is 12.1. The molecular weight excluding hydrogens is 298 g/mol. The van der Waals surface area contributed by atoms with E-state index in [1.54, 1.807) is 11.3 Å². The summed E-state index contributed by atoms with van der Waals surface area (Å²) in [4.78, 5) is 0. The SMILES string of the molecule is C=C/C(=C\C=C/C)c1cccc2sc(N)c(-c3ccccc3)c12. The van der Waals surface area contributed by atoms with Crippen LogP contribution in [0, 0.1) is 0 Å². The average molecular weight is 317 g/mol. The van der Waals surface area contributed by atoms with Gasteiger partial charge in [0, 0.05) is 15.6 Å². The van der Waals surface area contributed by atoms with Crippen molar-refractivity contribution in [2.45, 2.75) is 6.92 Å². The molecule has 3 rings (SSSR count). The molecule has 0 spiro atoms. The van der Waals surface area contributed by atoms with Crippen molar-refractivity contribution in [2.24, 2.45) is 0 Å². The number of nitrogen functional groups attached to an aromatic ring is 1. The minimum Gasteiger partial charge on any atom is -0.390 e. The molecule has 0 radical (unpaired) electrons. The highest BCUT2D eigenvalue weighted by atomic mass is 32.1. The van der Waals surface area contributed by atoms with Crippen LogP contribution < -0.4 is 5.73 Å². The van der Waals surface area contributed by atoms with Crippen LogP contribution in [0.5, 0.6) is 0 Å². The van der Waals surface area contributed by atoms with E-state index in [9.17, 15) is 0 Å². The Hall–Kier alpha value is -2.58. The lowest BCUT2D eigenvalue weighted by Gasteiger charge is -2.08. The summed E-state index contributed by atoms with van der Waals surface area (Å²) >= 11 is 1.64. The highest BCUT2D eigenvalue weighted by molar-refractivity contribution is 7.23. The van der Waals surface area contributed by atoms with Crippen molar-refractivity contribution in [2.75, 3.05) is 5.73 Å². The molecule has 1 heterocycles. The van der Waals surface area contributed by atoms with E-state index in [1.807, 2.05) is 43.4 Å². The lowest BCUT2D eigenvalue weighted by molar-refractivity contribution is 1.66. The zero-order valence-electron chi connectivity index (χ0n) is 13.1. The largest absolute Gasteiger partial charge is 0.390 e. The standard InChI is InChI=1S/C21H19NS/c1-3-5-10-15(4-2)17-13-9-14-18-20(17)19(21(22)23-18)16-11-7-6-8-12-16/h3-14H,2,22H2,1H3/b5-3-,15-10+. The zero-order chi connectivity index (χ0) is 16.2. The van der Waals surface area contributed by atoms with E-state index in [0.29, 0.717) is 0 Å². The number of hydrogen-bond acceptors (Lipinski definition) is 2. The number of fused-ring (bicyclic) bond motifs is 1. The molecule has 0 aliphatic heterocycles. The van der Waals surface area contributed by atoms with E-state index in [1.165, 1.54) is 15.6 Å². The lowest BCUT2D eigenvalue weighted by Crippen LogP contribution is -1.87. The number of nitrogens with two attached hydrogens (primary N) is 1. The summed E-state index contributed by atoms with van der Waals surface area (Å²) in [6.07, 6.45) is 8.04. The Kier molecular flexibility index (Phi) is 4.45. The third-order valence-electron chi connectivity index (χ3n) is 3.80. The fraction of sp³-hybridized carbons (Fsp3) is 0.0476. The van der Waals surface area contributed by atoms with Crippen molar-refractivity contribution in [1.82, 2.24) is 0 Å². The van der Waals surface area contributed by atoms with Gasteiger partial charge in [0.15, 0.2) is 0 Å². The predicted molar refractivity (Wildman–Crippen MR) is 105 cm³/mol. The van der Waals surface area contributed by atoms with Crippen molar-refractivity contribution in [1.29, 1.82) is 0 Å². The van der Waals surface area contributed by atoms with Gasteiger partial charge in [0.2, 0.25) is 0 Å². The van der Waals surface area contributed by atoms with E-state index < -0.39 is 0 Å². The molecule has 0 saturated carbocycles. The van der Waals surface area contributed by atoms with Crippen LogP contribution in [0.3, 0.4) is 0 Å². The summed E-state index contributed by atoms with van der Waals surface area (Å²) in [5.41, 5.74) is 10.9. The van der Waals surface area contributed by atoms with E-state index in [2.05, 4.69) is 43.0 Å². The molecule has 2 aromatic carbocycles. The first-order valence-corrected chi connectivity index (χ1v) is 8.40. The van der Waals surface area contributed by atoms with Gasteiger partial charge in [0.05, 0.1) is 5.00 Å². The number of allylic oxidation sites excluding steroid dienone is 5. The third-order valence-corrected chi connectivity index (χ3v) is 4.79. The van der Waals surface area contributed by atoms with E-state index in [4.69, 9.17) is 5.73 Å². The van der Waals surface area contributed by atoms with Crippen LogP contribution >= 0.6 is 11.3 Å². The van der Waals surface area contributed by atoms with Gasteiger partial charge in [0.1, 0.15) is 0 Å². The van der Waals surface area contributed by atoms with E-state index in [0.717, 1.165) is 21.7 Å². The fourth-order valence-corrected chi connectivity index (χ4v) is 3.79. The van der Waals surface area contributed by atoms with Crippen LogP contribution in [-0.2, 0) is 0 Å². The first kappa shape index (κ1) is 15.3. The molecule has 0 bridgehead atoms. The Morgan fingerprint density at radius 2 is 1.87 bits per heavy atom. The van der Waals surface area contributed by atoms with Gasteiger partial charge in [0.25, 0.3) is 0 Å². The second kappa shape index (κ2) is 6.67. The van der Waals surface area contributed by atoms with Crippen molar-refractivity contribution < 1.29 is 0 Å². The highest BCUT2D eigenvalue weighted by Crippen LogP contribution is 2.44. The Balaban J connectivity index is 2.35. The number of benzene rings is 2. The van der Waals surface area contributed by atoms with Crippen LogP contribution in [0.4, 0.5) is 5.00 Å². The lowest BCUT2D eigenvalue weighted by atomic mass is 9.95. The molecule has 0 atom stereocenters. The highest BCUT2D eigenvalue weighted by Gasteiger charge is 2.15. The number of rotatable bonds is 4. The molecule has 1 aromatic heterocycles. The third kappa shape index (κ3) is 2.86. The topological polar surface area (TPSA) is 26.0 Å². The Bertz CT molecular complexity index is 898. The average Bonchev–Trinajstić information content (AvgIpc) is 2.92. The summed E-state index contributed by atoms with van der Waals surface area (Å²) in [6, 6.07) is 16.7. The number of thiophene rings is 1. The van der Waals surface area contributed by atoms with Gasteiger partial charge in [-0.25, -0.2) is 0 Å². The van der Waals surface area contributed by atoms with Crippen molar-refractivity contribution in [3.05, 3.63) is 85.0 Å². The van der Waals surface area contributed by atoms with Gasteiger partial charge in [-0.1, -0.05) is 73.3 Å². The smallest absolute Gasteiger partial charge is 0.0948 e. The monoisotopic (exact) mass is 317 g/mol. The van der Waals surface area contributed by atoms with Crippen LogP contribution in [0.25, 0.3) is 26.8 Å². The van der Waals surface area contributed by atoms with Crippen LogP contribution in [0.15, 0.2) is 79.4 Å². The molecule has 23 heavy (non-hydrogen) atoms. The molecule has 0 aliphatic rings. The maximum absolute atomic E-state index is 6.36. The zero-order valence-corrected chi connectivity index (χ0v) is 13.9. The fourth-order valence-electron chi connectivity index (χ4n) is 2.77. The summed E-state index contributed by atoms with van der Waals surface area (Å²) in [5, 5.41) is 2.06. The van der Waals surface area contributed by atoms with Gasteiger partial charge in [-0.3, -0.25) is 0 Å². The second-order valence-electron chi connectivity index (χ2n) is 5.24. The van der Waals surface area contributed by atoms with Crippen LogP contribution in [0.2, 0.25) is 0 Å². The molecule has 0 aliphatic carbocycles. The molecule has 0 fully saturated rings. The molecule has 1 nitrogen and oxygen atoms in total. The first-order valence-electron chi connectivity index (χ1n) is 7.58. The molecule has 2 heteroatoms. The molecule has 2 N–H and O–H groups in total. The van der Waals surface area contributed by atoms with Crippen molar-refractivity contribution in [3.8, 4) is 11.1 Å². The van der Waals surface area contributed by atoms with Crippen LogP contribution in [-0.4, -0.2) is 0 Å². The van der Waals surface area contributed by atoms with Crippen molar-refractivity contribution in [3.63, 3.8) is 0 Å². The maximum atomic E-state index is 6.36. The predicted octanol–water partition coefficient (Wildman–Crippen LogP) is 6.30. The Labute approximate surface area is 141 Å². The van der Waals surface area contributed by atoms with E-state index in [-0.39, 0.29) is 0 Å². The van der Waals surface area contributed by atoms with Gasteiger partial charge in [-0.15, -0.1) is 11.3 Å². The first-order chi connectivity index (χ1) is 11.3. The molecule has 0 saturated heterocycles. The minimum atomic E-state index is 0.855. The maximum Gasteiger partial charge on any atom is 0.0948 e. The van der Waals surface area contributed by atoms with Crippen molar-refractivity contribution >= 4 is 32.0 Å². The number of hydrogen-bond donors (Lipinski definition) is 1. The molecule has 3 aromatic rings. The summed E-state index contributed by atoms with van der Waals surface area (Å²) in [5.74, 6) is 0. The Morgan fingerprint density at radius 1 is 1.09 bits per heavy atom. The minimum absolute atomic E-state index is 0.855. The van der Waals surface area contributed by atoms with Gasteiger partial charge >= 0.3 is 0 Å². The summed E-state index contributed by atoms with van der Waals surface area (Å²) in [6.45, 7) is 5.99.